The smallest absolute Gasteiger partial charge is 0.249 e. The van der Waals surface area contributed by atoms with Crippen molar-refractivity contribution in [3.63, 3.8) is 0 Å². The summed E-state index contributed by atoms with van der Waals surface area (Å²) in [6, 6.07) is 15.2. The van der Waals surface area contributed by atoms with Gasteiger partial charge in [-0.3, -0.25) is 29.6 Å². The number of rotatable bonds is 11. The summed E-state index contributed by atoms with van der Waals surface area (Å²) in [5.74, 6) is 0.247. The van der Waals surface area contributed by atoms with E-state index in [1.54, 1.807) is 44.5 Å². The third-order valence-corrected chi connectivity index (χ3v) is 18.3. The molecule has 1 spiro atoms. The third-order valence-electron chi connectivity index (χ3n) is 16.2. The lowest BCUT2D eigenvalue weighted by Gasteiger charge is -2.50. The Morgan fingerprint density at radius 2 is 1.57 bits per heavy atom. The first-order valence-electron chi connectivity index (χ1n) is 25.4. The van der Waals surface area contributed by atoms with E-state index in [1.807, 2.05) is 32.0 Å². The van der Waals surface area contributed by atoms with Gasteiger partial charge in [-0.1, -0.05) is 13.0 Å². The predicted octanol–water partition coefficient (Wildman–Crippen LogP) is 9.32. The van der Waals surface area contributed by atoms with Gasteiger partial charge in [-0.05, 0) is 162 Å². The molecule has 0 aliphatic carbocycles. The molecule has 1 atom stereocenters. The summed E-state index contributed by atoms with van der Waals surface area (Å²) < 4.78 is 35.1. The van der Waals surface area contributed by atoms with E-state index in [1.165, 1.54) is 30.2 Å². The molecule has 10 rings (SSSR count). The number of methoxy groups -OCH3 is 1. The van der Waals surface area contributed by atoms with E-state index >= 15 is 0 Å². The largest absolute Gasteiger partial charge is 0.494 e. The molecule has 4 saturated heterocycles. The van der Waals surface area contributed by atoms with Gasteiger partial charge >= 0.3 is 0 Å². The lowest BCUT2D eigenvalue weighted by atomic mass is 9.70. The Kier molecular flexibility index (Phi) is 13.4. The predicted molar refractivity (Wildman–Crippen MR) is 287 cm³/mol. The van der Waals surface area contributed by atoms with Crippen molar-refractivity contribution in [1.29, 1.82) is 0 Å². The van der Waals surface area contributed by atoms with Gasteiger partial charge in [0.25, 0.3) is 0 Å². The maximum atomic E-state index is 14.8. The highest BCUT2D eigenvalue weighted by Crippen LogP contribution is 2.50. The highest BCUT2D eigenvalue weighted by Gasteiger charge is 2.51. The number of anilines is 7. The van der Waals surface area contributed by atoms with E-state index in [0.717, 1.165) is 94.0 Å². The first kappa shape index (κ1) is 49.9. The number of hydrogen-bond acceptors (Lipinski definition) is 13. The van der Waals surface area contributed by atoms with Crippen LogP contribution < -0.4 is 40.7 Å². The zero-order chi connectivity index (χ0) is 50.9. The lowest BCUT2D eigenvalue weighted by Crippen LogP contribution is -2.55. The number of aryl methyl sites for hydroxylation is 2. The Morgan fingerprint density at radius 3 is 2.25 bits per heavy atom. The maximum Gasteiger partial charge on any atom is 0.249 e. The van der Waals surface area contributed by atoms with Crippen LogP contribution in [0.4, 0.5) is 44.6 Å². The van der Waals surface area contributed by atoms with Crippen molar-refractivity contribution in [3.8, 4) is 5.75 Å². The molecular weight excluding hydrogens is 999 g/mol. The van der Waals surface area contributed by atoms with Gasteiger partial charge < -0.3 is 34.6 Å². The van der Waals surface area contributed by atoms with Crippen LogP contribution in [0.5, 0.6) is 5.75 Å². The summed E-state index contributed by atoms with van der Waals surface area (Å²) in [5, 5.41) is 10.2. The molecule has 3 amide bonds. The second-order valence-corrected chi connectivity index (χ2v) is 25.3. The van der Waals surface area contributed by atoms with Crippen molar-refractivity contribution >= 4 is 97.2 Å². The van der Waals surface area contributed by atoms with Crippen LogP contribution in [0.1, 0.15) is 89.0 Å². The molecule has 72 heavy (non-hydrogen) atoms. The summed E-state index contributed by atoms with van der Waals surface area (Å²) in [6.07, 6.45) is 9.85. The zero-order valence-electron chi connectivity index (χ0n) is 42.3. The lowest BCUT2D eigenvalue weighted by molar-refractivity contribution is -0.136. The van der Waals surface area contributed by atoms with Crippen molar-refractivity contribution in [3.05, 3.63) is 81.8 Å². The fourth-order valence-electron chi connectivity index (χ4n) is 12.2. The Hall–Kier alpha value is -5.64. The number of aromatic nitrogens is 3. The Morgan fingerprint density at radius 1 is 0.875 bits per heavy atom. The molecule has 5 aliphatic heterocycles. The van der Waals surface area contributed by atoms with E-state index in [4.69, 9.17) is 9.72 Å². The highest BCUT2D eigenvalue weighted by atomic mass is 79.9. The van der Waals surface area contributed by atoms with E-state index < -0.39 is 30.3 Å². The van der Waals surface area contributed by atoms with Gasteiger partial charge in [-0.15, -0.1) is 0 Å². The highest BCUT2D eigenvalue weighted by molar-refractivity contribution is 9.10. The molecule has 380 valence electrons. The van der Waals surface area contributed by atoms with Crippen LogP contribution >= 0.6 is 23.1 Å². The first-order valence-corrected chi connectivity index (χ1v) is 28.7. The fourth-order valence-corrected chi connectivity index (χ4v) is 13.9. The average molecular weight is 1060 g/mol. The monoisotopic (exact) mass is 1060 g/mol. The maximum absolute atomic E-state index is 14.8. The normalized spacial score (nSPS) is 20.5. The molecular formula is C54H65BrFN10O5P. The Balaban J connectivity index is 0.767. The summed E-state index contributed by atoms with van der Waals surface area (Å²) in [5.41, 5.74) is 6.93. The van der Waals surface area contributed by atoms with Crippen LogP contribution in [0.25, 0.3) is 10.9 Å². The molecule has 5 aromatic rings. The van der Waals surface area contributed by atoms with Crippen molar-refractivity contribution in [2.75, 3.05) is 85.0 Å². The molecule has 15 nitrogen and oxygen atoms in total. The van der Waals surface area contributed by atoms with E-state index in [-0.39, 0.29) is 23.9 Å². The molecule has 0 radical (unpaired) electrons. The fraction of sp³-hybridized carbons (Fsp3) is 0.481. The van der Waals surface area contributed by atoms with Gasteiger partial charge in [-0.2, -0.15) is 4.98 Å². The minimum absolute atomic E-state index is 0.0905. The summed E-state index contributed by atoms with van der Waals surface area (Å²) in [7, 11) is -1.24. The molecule has 3 N–H and O–H groups in total. The Bertz CT molecular complexity index is 3030. The minimum Gasteiger partial charge on any atom is -0.494 e. The van der Waals surface area contributed by atoms with Crippen LogP contribution in [0.2, 0.25) is 0 Å². The van der Waals surface area contributed by atoms with Crippen LogP contribution in [0.15, 0.2) is 59.2 Å². The number of amides is 3. The molecule has 0 saturated carbocycles. The summed E-state index contributed by atoms with van der Waals surface area (Å²) in [6.45, 7) is 17.0. The number of ether oxygens (including phenoxy) is 1. The number of hydrogen-bond donors (Lipinski definition) is 3. The number of imide groups is 1. The van der Waals surface area contributed by atoms with Gasteiger partial charge in [0.2, 0.25) is 23.7 Å². The van der Waals surface area contributed by atoms with Gasteiger partial charge in [-0.25, -0.2) is 9.37 Å². The van der Waals surface area contributed by atoms with E-state index in [9.17, 15) is 23.3 Å². The van der Waals surface area contributed by atoms with E-state index in [0.29, 0.717) is 61.8 Å². The number of piperidine rings is 4. The molecule has 18 heteroatoms. The van der Waals surface area contributed by atoms with Crippen molar-refractivity contribution in [2.45, 2.75) is 103 Å². The molecule has 0 bridgehead atoms. The molecule has 3 aromatic carbocycles. The molecule has 1 unspecified atom stereocenters. The Labute approximate surface area is 429 Å². The van der Waals surface area contributed by atoms with Gasteiger partial charge in [0.05, 0.1) is 45.3 Å². The second-order valence-electron chi connectivity index (χ2n) is 21.3. The average Bonchev–Trinajstić information content (AvgIpc) is 3.56. The zero-order valence-corrected chi connectivity index (χ0v) is 44.8. The number of nitrogens with zero attached hydrogens (tertiary/aromatic N) is 7. The number of nitrogens with one attached hydrogen (secondary N) is 3. The van der Waals surface area contributed by atoms with Gasteiger partial charge in [0.15, 0.2) is 0 Å². The molecule has 2 aromatic heterocycles. The quantitative estimate of drug-likeness (QED) is 0.0848. The number of halogens is 2. The SMILES string of the molecule is CCc1cc(Nc2ncc(Br)c(Nc3ccc4nc(C)c(F)cc4c3P(C)(C)=O)n2)c(OC)cc1N1CCC2(CC1)CCN(C1CCN(c3cccc4c3C(C)(C)C(=O)N4C3CCC(=O)NC3=O)CC1)CC2. The van der Waals surface area contributed by atoms with E-state index in [2.05, 4.69) is 81.7 Å². The van der Waals surface area contributed by atoms with Crippen LogP contribution in [0.3, 0.4) is 0 Å². The molecule has 4 fully saturated rings. The van der Waals surface area contributed by atoms with Crippen LogP contribution in [-0.2, 0) is 30.8 Å². The van der Waals surface area contributed by atoms with Gasteiger partial charge in [0.1, 0.15) is 30.6 Å². The van der Waals surface area contributed by atoms with Gasteiger partial charge in [0, 0.05) is 78.5 Å². The molecule has 5 aliphatic rings. The third kappa shape index (κ3) is 9.22. The number of carbonyl (C=O) groups excluding carboxylic acids is 3. The number of pyridine rings is 1. The minimum atomic E-state index is -2.92. The first-order chi connectivity index (χ1) is 34.4. The van der Waals surface area contributed by atoms with Crippen LogP contribution in [0, 0.1) is 18.2 Å². The van der Waals surface area contributed by atoms with Crippen molar-refractivity contribution in [2.24, 2.45) is 5.41 Å². The number of benzene rings is 3. The van der Waals surface area contributed by atoms with Crippen LogP contribution in [-0.4, -0.2) is 109 Å². The number of carbonyl (C=O) groups is 3. The number of fused-ring (bicyclic) bond motifs is 2. The second kappa shape index (κ2) is 19.3. The molecule has 7 heterocycles. The number of likely N-dealkylation sites (tertiary alicyclic amines) is 1. The van der Waals surface area contributed by atoms with Crippen molar-refractivity contribution < 1.29 is 28.1 Å². The topological polar surface area (TPSA) is 165 Å². The summed E-state index contributed by atoms with van der Waals surface area (Å²) >= 11 is 3.59. The summed E-state index contributed by atoms with van der Waals surface area (Å²) in [4.78, 5) is 62.0. The standard InChI is InChI=1S/C54H65BrFN10O5P/c1-8-33-28-40(60-52-57-31-36(55)49(62-52)59-39-13-12-38-35(48(39)72(6,7)70)29-37(56)32(2)58-38)45(71-5)30-44(33)65-26-20-54(21-27-65)18-24-63(25-19-54)34-16-22-64(23-17-34)41-10-9-11-42-47(41)53(3,4)51(69)66(42)43-14-15-46(67)61-50(43)68/h9-13,28-31,34,43H,8,14-27H2,1-7H3,(H,61,67,68)(H2,57,59,60,62). The van der Waals surface area contributed by atoms with Crippen molar-refractivity contribution in [1.82, 2.24) is 25.2 Å².